The number of aliphatic carboxylic acids is 1. The van der Waals surface area contributed by atoms with Gasteiger partial charge in [0, 0.05) is 38.0 Å². The summed E-state index contributed by atoms with van der Waals surface area (Å²) >= 11 is 2.80. The number of hydrogen-bond acceptors (Lipinski definition) is 6. The summed E-state index contributed by atoms with van der Waals surface area (Å²) in [5.74, 6) is -0.348. The molecular weight excluding hydrogens is 438 g/mol. The SMILES string of the molecule is CNC(=O)N1CCC(N(C(=O)Nc2ncc(SCCC(=O)O)s2)C2CCCCC2)CC1. The number of nitrogens with zero attached hydrogens (tertiary/aromatic N) is 3. The zero-order valence-corrected chi connectivity index (χ0v) is 19.5. The fraction of sp³-hybridized carbons (Fsp3) is 0.700. The maximum Gasteiger partial charge on any atom is 0.324 e. The van der Waals surface area contributed by atoms with Crippen LogP contribution in [-0.2, 0) is 4.79 Å². The third-order valence-electron chi connectivity index (χ3n) is 5.82. The second-order valence-electron chi connectivity index (χ2n) is 7.88. The Hall–Kier alpha value is -2.01. The number of carboxylic acid groups (broad SMARTS) is 1. The van der Waals surface area contributed by atoms with Gasteiger partial charge in [-0.3, -0.25) is 10.1 Å². The summed E-state index contributed by atoms with van der Waals surface area (Å²) in [6.45, 7) is 1.28. The number of thioether (sulfide) groups is 1. The minimum Gasteiger partial charge on any atom is -0.481 e. The number of anilines is 1. The molecule has 1 aromatic rings. The summed E-state index contributed by atoms with van der Waals surface area (Å²) in [5.41, 5.74) is 0. The van der Waals surface area contributed by atoms with Gasteiger partial charge < -0.3 is 20.2 Å². The highest BCUT2D eigenvalue weighted by Gasteiger charge is 2.35. The van der Waals surface area contributed by atoms with Crippen molar-refractivity contribution in [1.29, 1.82) is 0 Å². The van der Waals surface area contributed by atoms with Crippen LogP contribution in [0.1, 0.15) is 51.4 Å². The van der Waals surface area contributed by atoms with E-state index in [0.717, 1.165) is 42.7 Å². The number of carbonyl (C=O) groups excluding carboxylic acids is 2. The summed E-state index contributed by atoms with van der Waals surface area (Å²) in [6.07, 6.45) is 8.81. The van der Waals surface area contributed by atoms with Crippen molar-refractivity contribution >= 4 is 46.3 Å². The van der Waals surface area contributed by atoms with Crippen molar-refractivity contribution in [3.63, 3.8) is 0 Å². The molecule has 31 heavy (non-hydrogen) atoms. The predicted molar refractivity (Wildman–Crippen MR) is 122 cm³/mol. The summed E-state index contributed by atoms with van der Waals surface area (Å²) in [5, 5.41) is 15.0. The molecule has 0 unspecified atom stereocenters. The molecule has 1 aliphatic carbocycles. The number of hydrogen-bond donors (Lipinski definition) is 3. The highest BCUT2D eigenvalue weighted by molar-refractivity contribution is 8.01. The summed E-state index contributed by atoms with van der Waals surface area (Å²) < 4.78 is 0.889. The van der Waals surface area contributed by atoms with E-state index in [2.05, 4.69) is 15.6 Å². The molecule has 1 aromatic heterocycles. The topological polar surface area (TPSA) is 115 Å². The Balaban J connectivity index is 1.62. The fourth-order valence-electron chi connectivity index (χ4n) is 4.27. The molecule has 9 nitrogen and oxygen atoms in total. The first-order valence-corrected chi connectivity index (χ1v) is 12.6. The number of urea groups is 2. The van der Waals surface area contributed by atoms with Crippen LogP contribution in [0.3, 0.4) is 0 Å². The molecule has 2 heterocycles. The van der Waals surface area contributed by atoms with E-state index >= 15 is 0 Å². The molecule has 11 heteroatoms. The van der Waals surface area contributed by atoms with E-state index in [1.165, 1.54) is 29.5 Å². The summed E-state index contributed by atoms with van der Waals surface area (Å²) in [7, 11) is 1.64. The number of amides is 4. The molecule has 3 rings (SSSR count). The van der Waals surface area contributed by atoms with Crippen molar-refractivity contribution in [2.75, 3.05) is 31.2 Å². The lowest BCUT2D eigenvalue weighted by Gasteiger charge is -2.43. The second-order valence-corrected chi connectivity index (χ2v) is 10.3. The molecule has 1 saturated carbocycles. The van der Waals surface area contributed by atoms with Gasteiger partial charge in [0.1, 0.15) is 0 Å². The van der Waals surface area contributed by atoms with Crippen molar-refractivity contribution in [3.8, 4) is 0 Å². The minimum absolute atomic E-state index is 0.0668. The second kappa shape index (κ2) is 11.6. The highest BCUT2D eigenvalue weighted by Crippen LogP contribution is 2.31. The fourth-order valence-corrected chi connectivity index (χ4v) is 6.14. The lowest BCUT2D eigenvalue weighted by molar-refractivity contribution is -0.136. The average molecular weight is 470 g/mol. The number of piperidine rings is 1. The molecule has 2 fully saturated rings. The summed E-state index contributed by atoms with van der Waals surface area (Å²) in [4.78, 5) is 44.0. The number of thiazole rings is 1. The van der Waals surface area contributed by atoms with Crippen molar-refractivity contribution < 1.29 is 19.5 Å². The van der Waals surface area contributed by atoms with Crippen molar-refractivity contribution in [1.82, 2.24) is 20.1 Å². The molecule has 2 aliphatic rings. The van der Waals surface area contributed by atoms with E-state index < -0.39 is 5.97 Å². The monoisotopic (exact) mass is 469 g/mol. The first-order valence-electron chi connectivity index (χ1n) is 10.8. The number of nitrogens with one attached hydrogen (secondary N) is 2. The molecule has 0 radical (unpaired) electrons. The van der Waals surface area contributed by atoms with E-state index in [-0.39, 0.29) is 30.6 Å². The number of carbonyl (C=O) groups is 3. The Morgan fingerprint density at radius 2 is 1.87 bits per heavy atom. The summed E-state index contributed by atoms with van der Waals surface area (Å²) in [6, 6.07) is 0.132. The Morgan fingerprint density at radius 1 is 1.19 bits per heavy atom. The molecular formula is C20H31N5O4S2. The van der Waals surface area contributed by atoms with Gasteiger partial charge in [0.2, 0.25) is 0 Å². The molecule has 0 atom stereocenters. The Labute approximate surface area is 191 Å². The van der Waals surface area contributed by atoms with Gasteiger partial charge in [-0.05, 0) is 25.7 Å². The third-order valence-corrected chi connectivity index (χ3v) is 7.93. The Morgan fingerprint density at radius 3 is 2.52 bits per heavy atom. The van der Waals surface area contributed by atoms with Crippen molar-refractivity contribution in [2.45, 2.75) is 67.7 Å². The smallest absolute Gasteiger partial charge is 0.324 e. The number of carboxylic acids is 1. The number of likely N-dealkylation sites (tertiary alicyclic amines) is 1. The van der Waals surface area contributed by atoms with Gasteiger partial charge >= 0.3 is 18.0 Å². The molecule has 0 aromatic carbocycles. The Bertz CT molecular complexity index is 761. The normalized spacial score (nSPS) is 17.9. The van der Waals surface area contributed by atoms with Crippen molar-refractivity contribution in [3.05, 3.63) is 6.20 Å². The lowest BCUT2D eigenvalue weighted by atomic mass is 9.91. The first-order chi connectivity index (χ1) is 15.0. The highest BCUT2D eigenvalue weighted by atomic mass is 32.2. The number of rotatable bonds is 7. The van der Waals surface area contributed by atoms with Crippen LogP contribution >= 0.6 is 23.1 Å². The predicted octanol–water partition coefficient (Wildman–Crippen LogP) is 3.68. The van der Waals surface area contributed by atoms with Crippen LogP contribution < -0.4 is 10.6 Å². The Kier molecular flexibility index (Phi) is 8.82. The molecule has 1 aliphatic heterocycles. The maximum absolute atomic E-state index is 13.3. The minimum atomic E-state index is -0.823. The van der Waals surface area contributed by atoms with Gasteiger partial charge in [-0.2, -0.15) is 0 Å². The molecule has 1 saturated heterocycles. The largest absolute Gasteiger partial charge is 0.481 e. The van der Waals surface area contributed by atoms with Crippen LogP contribution in [0.4, 0.5) is 14.7 Å². The molecule has 4 amide bonds. The van der Waals surface area contributed by atoms with E-state index in [4.69, 9.17) is 5.11 Å². The van der Waals surface area contributed by atoms with Crippen LogP contribution in [0.5, 0.6) is 0 Å². The molecule has 0 bridgehead atoms. The van der Waals surface area contributed by atoms with E-state index in [1.54, 1.807) is 18.1 Å². The first kappa shape index (κ1) is 23.6. The van der Waals surface area contributed by atoms with Crippen LogP contribution in [0.25, 0.3) is 0 Å². The zero-order chi connectivity index (χ0) is 22.2. The van der Waals surface area contributed by atoms with Crippen LogP contribution in [-0.4, -0.2) is 75.9 Å². The van der Waals surface area contributed by atoms with E-state index in [1.807, 2.05) is 4.90 Å². The lowest BCUT2D eigenvalue weighted by Crippen LogP contribution is -2.55. The zero-order valence-electron chi connectivity index (χ0n) is 17.8. The maximum atomic E-state index is 13.3. The van der Waals surface area contributed by atoms with Gasteiger partial charge in [0.25, 0.3) is 0 Å². The quantitative estimate of drug-likeness (QED) is 0.525. The van der Waals surface area contributed by atoms with E-state index in [9.17, 15) is 14.4 Å². The van der Waals surface area contributed by atoms with Gasteiger partial charge in [-0.25, -0.2) is 14.6 Å². The standard InChI is InChI=1S/C20H31N5O4S2/c1-21-19(28)24-10-7-15(8-11-24)25(14-5-3-2-4-6-14)20(29)23-18-22-13-17(31-18)30-12-9-16(26)27/h13-15H,2-12H2,1H3,(H,21,28)(H,26,27)(H,22,23,29). The van der Waals surface area contributed by atoms with Crippen LogP contribution in [0, 0.1) is 0 Å². The molecule has 3 N–H and O–H groups in total. The van der Waals surface area contributed by atoms with Gasteiger partial charge in [-0.15, -0.1) is 11.8 Å². The van der Waals surface area contributed by atoms with Gasteiger partial charge in [-0.1, -0.05) is 30.6 Å². The van der Waals surface area contributed by atoms with Crippen molar-refractivity contribution in [2.24, 2.45) is 0 Å². The number of aromatic nitrogens is 1. The van der Waals surface area contributed by atoms with Crippen LogP contribution in [0.15, 0.2) is 10.4 Å². The third kappa shape index (κ3) is 6.73. The van der Waals surface area contributed by atoms with Gasteiger partial charge in [0.05, 0.1) is 16.8 Å². The van der Waals surface area contributed by atoms with E-state index in [0.29, 0.717) is 24.0 Å². The average Bonchev–Trinajstić information content (AvgIpc) is 3.21. The van der Waals surface area contributed by atoms with Gasteiger partial charge in [0.15, 0.2) is 5.13 Å². The van der Waals surface area contributed by atoms with Crippen LogP contribution in [0.2, 0.25) is 0 Å². The molecule has 172 valence electrons. The molecule has 0 spiro atoms.